The number of aromatic hydroxyl groups is 1. The molecular weight excluding hydrogens is 450 g/mol. The summed E-state index contributed by atoms with van der Waals surface area (Å²) in [4.78, 5) is 33.2. The molecular formula is C27H30ClN3O3. The summed E-state index contributed by atoms with van der Waals surface area (Å²) in [6.45, 7) is 4.94. The van der Waals surface area contributed by atoms with Crippen LogP contribution in [0.25, 0.3) is 0 Å². The molecule has 1 unspecified atom stereocenters. The lowest BCUT2D eigenvalue weighted by molar-refractivity contribution is 0.0783. The number of nitrogens with zero attached hydrogens (tertiary/aromatic N) is 3. The number of halogens is 1. The molecule has 6 nitrogen and oxygen atoms in total. The smallest absolute Gasteiger partial charge is 0.270 e. The van der Waals surface area contributed by atoms with E-state index in [4.69, 9.17) is 11.6 Å². The van der Waals surface area contributed by atoms with Crippen LogP contribution in [-0.4, -0.2) is 38.6 Å². The number of carbonyl (C=O) groups excluding carboxylic acids is 1. The quantitative estimate of drug-likeness (QED) is 0.506. The maximum absolute atomic E-state index is 13.7. The summed E-state index contributed by atoms with van der Waals surface area (Å²) in [7, 11) is 0. The van der Waals surface area contributed by atoms with Gasteiger partial charge in [0.05, 0.1) is 6.04 Å². The fourth-order valence-electron chi connectivity index (χ4n) is 4.72. The molecule has 34 heavy (non-hydrogen) atoms. The fourth-order valence-corrected chi connectivity index (χ4v) is 5.01. The van der Waals surface area contributed by atoms with Crippen molar-refractivity contribution in [3.05, 3.63) is 92.5 Å². The zero-order valence-corrected chi connectivity index (χ0v) is 20.3. The summed E-state index contributed by atoms with van der Waals surface area (Å²) in [5.74, 6) is -0.312. The molecule has 0 aliphatic carbocycles. The van der Waals surface area contributed by atoms with E-state index in [1.165, 1.54) is 10.1 Å². The van der Waals surface area contributed by atoms with Crippen LogP contribution in [0.4, 0.5) is 0 Å². The van der Waals surface area contributed by atoms with Gasteiger partial charge in [0.1, 0.15) is 5.82 Å². The molecule has 1 saturated heterocycles. The number of hydrogen-bond donors (Lipinski definition) is 1. The lowest BCUT2D eigenvalue weighted by atomic mass is 9.99. The van der Waals surface area contributed by atoms with Gasteiger partial charge in [0.25, 0.3) is 11.5 Å². The molecule has 2 heterocycles. The van der Waals surface area contributed by atoms with Crippen molar-refractivity contribution >= 4 is 17.5 Å². The van der Waals surface area contributed by atoms with E-state index < -0.39 is 23.4 Å². The van der Waals surface area contributed by atoms with E-state index in [0.29, 0.717) is 30.4 Å². The summed E-state index contributed by atoms with van der Waals surface area (Å²) in [5.41, 5.74) is 1.13. The molecule has 0 spiro atoms. The lowest BCUT2D eigenvalue weighted by Crippen LogP contribution is -2.38. The van der Waals surface area contributed by atoms with E-state index in [1.54, 1.807) is 11.0 Å². The van der Waals surface area contributed by atoms with E-state index in [1.807, 2.05) is 50.2 Å². The number of rotatable bonds is 7. The molecule has 1 aliphatic heterocycles. The topological polar surface area (TPSA) is 75.4 Å². The summed E-state index contributed by atoms with van der Waals surface area (Å²) in [6, 6.07) is 16.9. The van der Waals surface area contributed by atoms with Crippen molar-refractivity contribution in [1.29, 1.82) is 0 Å². The van der Waals surface area contributed by atoms with Crippen molar-refractivity contribution in [2.24, 2.45) is 0 Å². The van der Waals surface area contributed by atoms with Crippen LogP contribution < -0.4 is 5.56 Å². The first-order valence-corrected chi connectivity index (χ1v) is 12.2. The summed E-state index contributed by atoms with van der Waals surface area (Å²) < 4.78 is 1.52. The summed E-state index contributed by atoms with van der Waals surface area (Å²) in [6.07, 6.45) is 3.04. The Morgan fingerprint density at radius 1 is 1.18 bits per heavy atom. The van der Waals surface area contributed by atoms with Crippen molar-refractivity contribution in [2.45, 2.75) is 51.5 Å². The van der Waals surface area contributed by atoms with Gasteiger partial charge in [0.15, 0.2) is 5.56 Å². The molecule has 1 aromatic heterocycles. The average molecular weight is 480 g/mol. The first-order valence-electron chi connectivity index (χ1n) is 11.8. The van der Waals surface area contributed by atoms with Crippen molar-refractivity contribution in [1.82, 2.24) is 14.5 Å². The van der Waals surface area contributed by atoms with E-state index >= 15 is 0 Å². The molecule has 1 N–H and O–H groups in total. The fraction of sp³-hybridized carbons (Fsp3) is 0.370. The summed E-state index contributed by atoms with van der Waals surface area (Å²) >= 11 is 6.43. The Kier molecular flexibility index (Phi) is 7.37. The normalized spacial score (nSPS) is 16.6. The van der Waals surface area contributed by atoms with Crippen LogP contribution in [0.1, 0.15) is 72.4 Å². The third-order valence-corrected chi connectivity index (χ3v) is 6.97. The first kappa shape index (κ1) is 24.0. The van der Waals surface area contributed by atoms with E-state index in [0.717, 1.165) is 24.8 Å². The third-order valence-electron chi connectivity index (χ3n) is 6.63. The van der Waals surface area contributed by atoms with Gasteiger partial charge in [-0.05, 0) is 37.0 Å². The minimum absolute atomic E-state index is 0.202. The standard InChI is InChI=1S/C27H30ClN3O3/c1-3-4-14-23-29-25(32)24(27(34)31(23)18(2)21-12-8-9-13-22(21)28)26(33)30-16-15-20(17-30)19-10-6-5-7-11-19/h5-13,18,20,32H,3-4,14-17H2,1-2H3/t18?,20-/m0/s1. The van der Waals surface area contributed by atoms with Crippen LogP contribution in [0, 0.1) is 0 Å². The van der Waals surface area contributed by atoms with Crippen LogP contribution >= 0.6 is 11.6 Å². The summed E-state index contributed by atoms with van der Waals surface area (Å²) in [5, 5.41) is 11.3. The monoisotopic (exact) mass is 479 g/mol. The zero-order chi connectivity index (χ0) is 24.2. The van der Waals surface area contributed by atoms with Crippen molar-refractivity contribution < 1.29 is 9.90 Å². The predicted molar refractivity (Wildman–Crippen MR) is 134 cm³/mol. The van der Waals surface area contributed by atoms with Gasteiger partial charge in [-0.2, -0.15) is 4.98 Å². The van der Waals surface area contributed by atoms with Crippen molar-refractivity contribution in [3.8, 4) is 5.88 Å². The van der Waals surface area contributed by atoms with Gasteiger partial charge in [-0.1, -0.05) is 73.5 Å². The van der Waals surface area contributed by atoms with Crippen LogP contribution in [0.3, 0.4) is 0 Å². The molecule has 0 radical (unpaired) electrons. The molecule has 4 rings (SSSR count). The van der Waals surface area contributed by atoms with Gasteiger partial charge < -0.3 is 10.0 Å². The molecule has 0 bridgehead atoms. The van der Waals surface area contributed by atoms with Gasteiger partial charge in [-0.25, -0.2) is 0 Å². The Balaban J connectivity index is 1.72. The second kappa shape index (κ2) is 10.4. The SMILES string of the molecule is CCCCc1nc(O)c(C(=O)N2CC[C@H](c3ccccc3)C2)c(=O)n1C(C)c1ccccc1Cl. The molecule has 1 fully saturated rings. The van der Waals surface area contributed by atoms with Crippen molar-refractivity contribution in [2.75, 3.05) is 13.1 Å². The Morgan fingerprint density at radius 2 is 1.88 bits per heavy atom. The highest BCUT2D eigenvalue weighted by atomic mass is 35.5. The Hall–Kier alpha value is -3.12. The molecule has 1 amide bonds. The van der Waals surface area contributed by atoms with E-state index in [-0.39, 0.29) is 11.5 Å². The van der Waals surface area contributed by atoms with Crippen molar-refractivity contribution in [3.63, 3.8) is 0 Å². The largest absolute Gasteiger partial charge is 0.493 e. The Labute approximate surface area is 204 Å². The third kappa shape index (κ3) is 4.73. The highest BCUT2D eigenvalue weighted by Gasteiger charge is 2.33. The van der Waals surface area contributed by atoms with Gasteiger partial charge in [-0.15, -0.1) is 0 Å². The number of benzene rings is 2. The number of aryl methyl sites for hydroxylation is 1. The highest BCUT2D eigenvalue weighted by molar-refractivity contribution is 6.31. The van der Waals surface area contributed by atoms with Gasteiger partial charge in [-0.3, -0.25) is 14.2 Å². The molecule has 3 aromatic rings. The average Bonchev–Trinajstić information content (AvgIpc) is 3.33. The second-order valence-electron chi connectivity index (χ2n) is 8.85. The van der Waals surface area contributed by atoms with Gasteiger partial charge >= 0.3 is 0 Å². The lowest BCUT2D eigenvalue weighted by Gasteiger charge is -2.23. The number of unbranched alkanes of at least 4 members (excludes halogenated alkanes) is 1. The highest BCUT2D eigenvalue weighted by Crippen LogP contribution is 2.30. The number of hydrogen-bond acceptors (Lipinski definition) is 4. The molecule has 2 atom stereocenters. The second-order valence-corrected chi connectivity index (χ2v) is 9.26. The molecule has 178 valence electrons. The Morgan fingerprint density at radius 3 is 2.59 bits per heavy atom. The van der Waals surface area contributed by atoms with Crippen LogP contribution in [0.15, 0.2) is 59.4 Å². The number of likely N-dealkylation sites (tertiary alicyclic amines) is 1. The first-order chi connectivity index (χ1) is 16.4. The maximum Gasteiger partial charge on any atom is 0.270 e. The molecule has 2 aromatic carbocycles. The number of aromatic nitrogens is 2. The van der Waals surface area contributed by atoms with E-state index in [2.05, 4.69) is 17.1 Å². The molecule has 0 saturated carbocycles. The minimum atomic E-state index is -0.529. The van der Waals surface area contributed by atoms with Gasteiger partial charge in [0, 0.05) is 30.5 Å². The zero-order valence-electron chi connectivity index (χ0n) is 19.6. The Bertz CT molecular complexity index is 1230. The number of amides is 1. The van der Waals surface area contributed by atoms with E-state index in [9.17, 15) is 14.7 Å². The van der Waals surface area contributed by atoms with Crippen LogP contribution in [0.2, 0.25) is 5.02 Å². The molecule has 7 heteroatoms. The van der Waals surface area contributed by atoms with Gasteiger partial charge in [0.2, 0.25) is 5.88 Å². The molecule has 1 aliphatic rings. The predicted octanol–water partition coefficient (Wildman–Crippen LogP) is 5.18. The number of carbonyl (C=O) groups is 1. The van der Waals surface area contributed by atoms with Crippen LogP contribution in [0.5, 0.6) is 5.88 Å². The maximum atomic E-state index is 13.7. The van der Waals surface area contributed by atoms with Crippen LogP contribution in [-0.2, 0) is 6.42 Å². The minimum Gasteiger partial charge on any atom is -0.493 e.